The SMILES string of the molecule is C[C@@H]1CCN(C(=O)CC#N)C[C@@H]1N(C)c1ncnc2c1ccn2C(=O)NNC(=O)OC(C)(C)C. The van der Waals surface area contributed by atoms with Gasteiger partial charge in [-0.2, -0.15) is 5.26 Å². The molecule has 12 nitrogen and oxygen atoms in total. The third-order valence-electron chi connectivity index (χ3n) is 5.68. The summed E-state index contributed by atoms with van der Waals surface area (Å²) in [5.74, 6) is 0.716. The lowest BCUT2D eigenvalue weighted by Crippen LogP contribution is -2.52. The summed E-state index contributed by atoms with van der Waals surface area (Å²) in [5, 5.41) is 9.51. The number of hydrazine groups is 1. The Labute approximate surface area is 197 Å². The van der Waals surface area contributed by atoms with Crippen LogP contribution in [0.2, 0.25) is 0 Å². The number of piperidine rings is 1. The fraction of sp³-hybridized carbons (Fsp3) is 0.545. The van der Waals surface area contributed by atoms with E-state index in [0.717, 1.165) is 6.42 Å². The van der Waals surface area contributed by atoms with Gasteiger partial charge in [-0.1, -0.05) is 6.92 Å². The molecule has 0 radical (unpaired) electrons. The van der Waals surface area contributed by atoms with E-state index in [9.17, 15) is 14.4 Å². The van der Waals surface area contributed by atoms with E-state index in [0.29, 0.717) is 29.9 Å². The minimum atomic E-state index is -0.783. The normalized spacial score (nSPS) is 18.2. The average molecular weight is 471 g/mol. The Hall–Kier alpha value is -3.88. The maximum atomic E-state index is 12.6. The van der Waals surface area contributed by atoms with Crippen molar-refractivity contribution in [1.29, 1.82) is 5.26 Å². The van der Waals surface area contributed by atoms with E-state index in [-0.39, 0.29) is 24.3 Å². The van der Waals surface area contributed by atoms with Crippen LogP contribution in [-0.4, -0.2) is 69.2 Å². The Kier molecular flexibility index (Phi) is 7.24. The lowest BCUT2D eigenvalue weighted by molar-refractivity contribution is -0.131. The van der Waals surface area contributed by atoms with Crippen LogP contribution in [0.15, 0.2) is 18.6 Å². The molecule has 1 aliphatic heterocycles. The summed E-state index contributed by atoms with van der Waals surface area (Å²) in [6.07, 6.45) is 2.79. The largest absolute Gasteiger partial charge is 0.443 e. The molecule has 2 atom stereocenters. The van der Waals surface area contributed by atoms with Gasteiger partial charge in [-0.25, -0.2) is 30.4 Å². The number of nitrogens with one attached hydrogen (secondary N) is 2. The topological polar surface area (TPSA) is 145 Å². The number of aromatic nitrogens is 3. The number of likely N-dealkylation sites (N-methyl/N-ethyl adjacent to an activating group) is 1. The summed E-state index contributed by atoms with van der Waals surface area (Å²) in [4.78, 5) is 49.1. The van der Waals surface area contributed by atoms with Gasteiger partial charge in [-0.3, -0.25) is 9.36 Å². The molecule has 1 fully saturated rings. The summed E-state index contributed by atoms with van der Waals surface area (Å²) in [6.45, 7) is 8.36. The molecule has 3 heterocycles. The Morgan fingerprint density at radius 1 is 1.29 bits per heavy atom. The molecule has 1 aliphatic rings. The summed E-state index contributed by atoms with van der Waals surface area (Å²) >= 11 is 0. The number of fused-ring (bicyclic) bond motifs is 1. The number of nitrogens with zero attached hydrogens (tertiary/aromatic N) is 6. The van der Waals surface area contributed by atoms with Crippen LogP contribution >= 0.6 is 0 Å². The van der Waals surface area contributed by atoms with Crippen LogP contribution in [0.3, 0.4) is 0 Å². The molecule has 2 N–H and O–H groups in total. The average Bonchev–Trinajstić information content (AvgIpc) is 3.20. The van der Waals surface area contributed by atoms with E-state index in [4.69, 9.17) is 10.00 Å². The maximum absolute atomic E-state index is 12.6. The Balaban J connectivity index is 1.78. The lowest BCUT2D eigenvalue weighted by Gasteiger charge is -2.42. The molecule has 3 rings (SSSR count). The monoisotopic (exact) mass is 470 g/mol. The van der Waals surface area contributed by atoms with Gasteiger partial charge in [0.25, 0.3) is 0 Å². The smallest absolute Gasteiger partial charge is 0.426 e. The van der Waals surface area contributed by atoms with Gasteiger partial charge in [0, 0.05) is 26.3 Å². The molecule has 2 aromatic heterocycles. The Bertz CT molecular complexity index is 1120. The molecule has 34 heavy (non-hydrogen) atoms. The molecule has 12 heteroatoms. The third-order valence-corrected chi connectivity index (χ3v) is 5.68. The van der Waals surface area contributed by atoms with Gasteiger partial charge in [0.1, 0.15) is 24.2 Å². The van der Waals surface area contributed by atoms with E-state index in [1.807, 2.05) is 18.0 Å². The van der Waals surface area contributed by atoms with E-state index in [1.165, 1.54) is 17.1 Å². The quantitative estimate of drug-likeness (QED) is 0.648. The number of nitriles is 1. The fourth-order valence-electron chi connectivity index (χ4n) is 3.97. The van der Waals surface area contributed by atoms with Crippen molar-refractivity contribution in [3.05, 3.63) is 18.6 Å². The minimum absolute atomic E-state index is 0.0273. The molecule has 0 aromatic carbocycles. The van der Waals surface area contributed by atoms with Crippen LogP contribution in [0.4, 0.5) is 15.4 Å². The van der Waals surface area contributed by atoms with Gasteiger partial charge < -0.3 is 14.5 Å². The summed E-state index contributed by atoms with van der Waals surface area (Å²) < 4.78 is 6.37. The molecule has 0 aliphatic carbocycles. The van der Waals surface area contributed by atoms with Gasteiger partial charge >= 0.3 is 12.1 Å². The zero-order chi connectivity index (χ0) is 25.0. The first-order valence-corrected chi connectivity index (χ1v) is 11.0. The van der Waals surface area contributed by atoms with Crippen molar-refractivity contribution in [2.45, 2.75) is 52.2 Å². The van der Waals surface area contributed by atoms with E-state index in [2.05, 4.69) is 27.7 Å². The third kappa shape index (κ3) is 5.54. The molecule has 1 saturated heterocycles. The molecule has 0 saturated carbocycles. The summed E-state index contributed by atoms with van der Waals surface area (Å²) in [6, 6.07) is 2.99. The van der Waals surface area contributed by atoms with Crippen LogP contribution < -0.4 is 15.8 Å². The van der Waals surface area contributed by atoms with Gasteiger partial charge in [0.15, 0.2) is 5.65 Å². The van der Waals surface area contributed by atoms with Crippen LogP contribution in [0.5, 0.6) is 0 Å². The number of likely N-dealkylation sites (tertiary alicyclic amines) is 1. The van der Waals surface area contributed by atoms with Crippen LogP contribution in [0, 0.1) is 17.2 Å². The highest BCUT2D eigenvalue weighted by Crippen LogP contribution is 2.29. The molecule has 182 valence electrons. The number of hydrogen-bond acceptors (Lipinski definition) is 8. The molecular formula is C22H30N8O4. The standard InChI is InChI=1S/C22H30N8O4/c1-14-7-10-29(17(31)6-9-23)12-16(14)28(5)18-15-8-11-30(19(15)25-13-24-18)20(32)26-27-21(33)34-22(2,3)4/h8,11,13-14,16H,6-7,10,12H2,1-5H3,(H,26,32)(H,27,33)/t14-,16+/m1/s1. The number of rotatable bonds is 3. The number of amides is 3. The van der Waals surface area contributed by atoms with E-state index >= 15 is 0 Å². The zero-order valence-electron chi connectivity index (χ0n) is 20.0. The van der Waals surface area contributed by atoms with Crippen molar-refractivity contribution in [3.63, 3.8) is 0 Å². The predicted molar refractivity (Wildman–Crippen MR) is 124 cm³/mol. The van der Waals surface area contributed by atoms with Crippen LogP contribution in [-0.2, 0) is 9.53 Å². The minimum Gasteiger partial charge on any atom is -0.443 e. The predicted octanol–water partition coefficient (Wildman–Crippen LogP) is 2.02. The fourth-order valence-corrected chi connectivity index (χ4v) is 3.97. The first-order valence-electron chi connectivity index (χ1n) is 11.0. The number of hydrogen-bond donors (Lipinski definition) is 2. The van der Waals surface area contributed by atoms with Crippen molar-refractivity contribution < 1.29 is 19.1 Å². The van der Waals surface area contributed by atoms with Crippen LogP contribution in [0.25, 0.3) is 11.0 Å². The summed E-state index contributed by atoms with van der Waals surface area (Å²) in [5.41, 5.74) is 4.18. The van der Waals surface area contributed by atoms with Crippen molar-refractivity contribution in [2.75, 3.05) is 25.0 Å². The molecular weight excluding hydrogens is 440 g/mol. The second kappa shape index (κ2) is 9.94. The van der Waals surface area contributed by atoms with Crippen molar-refractivity contribution in [3.8, 4) is 6.07 Å². The highest BCUT2D eigenvalue weighted by molar-refractivity contribution is 5.95. The highest BCUT2D eigenvalue weighted by atomic mass is 16.6. The Morgan fingerprint density at radius 2 is 2.03 bits per heavy atom. The second-order valence-corrected chi connectivity index (χ2v) is 9.30. The number of carbonyl (C=O) groups is 3. The van der Waals surface area contributed by atoms with Gasteiger partial charge in [0.05, 0.1) is 17.5 Å². The van der Waals surface area contributed by atoms with Gasteiger partial charge in [-0.05, 0) is 39.2 Å². The zero-order valence-corrected chi connectivity index (χ0v) is 20.0. The number of ether oxygens (including phenoxy) is 1. The van der Waals surface area contributed by atoms with E-state index < -0.39 is 17.7 Å². The second-order valence-electron chi connectivity index (χ2n) is 9.30. The first-order chi connectivity index (χ1) is 16.0. The van der Waals surface area contributed by atoms with E-state index in [1.54, 1.807) is 31.7 Å². The van der Waals surface area contributed by atoms with Crippen molar-refractivity contribution in [2.24, 2.45) is 5.92 Å². The molecule has 3 amide bonds. The number of anilines is 1. The lowest BCUT2D eigenvalue weighted by atomic mass is 9.92. The van der Waals surface area contributed by atoms with Crippen molar-refractivity contribution in [1.82, 2.24) is 30.3 Å². The molecule has 0 spiro atoms. The molecule has 2 aromatic rings. The Morgan fingerprint density at radius 3 is 2.71 bits per heavy atom. The van der Waals surface area contributed by atoms with Crippen LogP contribution in [0.1, 0.15) is 40.5 Å². The van der Waals surface area contributed by atoms with Crippen molar-refractivity contribution >= 4 is 34.9 Å². The number of carbonyl (C=O) groups excluding carboxylic acids is 3. The molecule has 0 bridgehead atoms. The highest BCUT2D eigenvalue weighted by Gasteiger charge is 2.33. The van der Waals surface area contributed by atoms with Gasteiger partial charge in [-0.15, -0.1) is 0 Å². The molecule has 0 unspecified atom stereocenters. The summed E-state index contributed by atoms with van der Waals surface area (Å²) in [7, 11) is 1.89. The maximum Gasteiger partial charge on any atom is 0.426 e. The van der Waals surface area contributed by atoms with Gasteiger partial charge in [0.2, 0.25) is 5.91 Å². The first kappa shape index (κ1) is 24.8.